The molecule has 1 aliphatic carbocycles. The Balaban J connectivity index is 1.58. The molecule has 8 nitrogen and oxygen atoms in total. The van der Waals surface area contributed by atoms with Crippen LogP contribution in [0.4, 0.5) is 0 Å². The number of carbonyl (C=O) groups excluding carboxylic acids is 3. The second-order valence-electron chi connectivity index (χ2n) is 8.66. The molecule has 1 saturated carbocycles. The topological polar surface area (TPSA) is 101 Å². The van der Waals surface area contributed by atoms with Crippen molar-refractivity contribution in [3.05, 3.63) is 60.1 Å². The first-order valence-corrected chi connectivity index (χ1v) is 11.7. The lowest BCUT2D eigenvalue weighted by Gasteiger charge is -2.31. The van der Waals surface area contributed by atoms with Gasteiger partial charge < -0.3 is 24.7 Å². The Morgan fingerprint density at radius 2 is 1.79 bits per heavy atom. The van der Waals surface area contributed by atoms with Crippen molar-refractivity contribution in [1.82, 2.24) is 15.5 Å². The average Bonchev–Trinajstić information content (AvgIpc) is 3.61. The van der Waals surface area contributed by atoms with E-state index in [1.165, 1.54) is 11.2 Å². The minimum atomic E-state index is -0.987. The van der Waals surface area contributed by atoms with Crippen LogP contribution in [0.25, 0.3) is 0 Å². The standard InChI is InChI=1S/C25H31N3O5/c29-23(26-16-20-12-6-14-32-20)22(18-8-2-1-3-9-18)28(17-21-13-7-15-33-21)25(31)24(30)27-19-10-4-5-11-19/h1-3,7-9,13,15,19-20,22H,4-6,10-12,14,16-17H2,(H,26,29)(H,27,30). The zero-order valence-electron chi connectivity index (χ0n) is 18.7. The SMILES string of the molecule is O=C(NC1CCCC1)C(=O)N(Cc1ccco1)C(C(=O)NCC1CCCO1)c1ccccc1. The van der Waals surface area contributed by atoms with Gasteiger partial charge in [0.25, 0.3) is 0 Å². The molecular weight excluding hydrogens is 422 g/mol. The summed E-state index contributed by atoms with van der Waals surface area (Å²) in [5, 5.41) is 5.78. The highest BCUT2D eigenvalue weighted by Crippen LogP contribution is 2.25. The zero-order valence-corrected chi connectivity index (χ0v) is 18.7. The minimum absolute atomic E-state index is 0.00315. The first kappa shape index (κ1) is 23.0. The van der Waals surface area contributed by atoms with Gasteiger partial charge in [-0.1, -0.05) is 43.2 Å². The number of amides is 3. The second kappa shape index (κ2) is 11.1. The van der Waals surface area contributed by atoms with Gasteiger partial charge in [0.15, 0.2) is 0 Å². The fraction of sp³-hybridized carbons (Fsp3) is 0.480. The molecule has 0 radical (unpaired) electrons. The first-order chi connectivity index (χ1) is 16.1. The van der Waals surface area contributed by atoms with Crippen LogP contribution in [0.2, 0.25) is 0 Å². The maximum Gasteiger partial charge on any atom is 0.313 e. The van der Waals surface area contributed by atoms with Crippen LogP contribution in [0.3, 0.4) is 0 Å². The highest BCUT2D eigenvalue weighted by Gasteiger charge is 2.36. The largest absolute Gasteiger partial charge is 0.467 e. The van der Waals surface area contributed by atoms with Gasteiger partial charge >= 0.3 is 11.8 Å². The third-order valence-corrected chi connectivity index (χ3v) is 6.26. The number of benzene rings is 1. The van der Waals surface area contributed by atoms with Crippen LogP contribution in [0, 0.1) is 0 Å². The minimum Gasteiger partial charge on any atom is -0.467 e. The molecule has 2 aromatic rings. The van der Waals surface area contributed by atoms with Crippen molar-refractivity contribution in [2.75, 3.05) is 13.2 Å². The number of carbonyl (C=O) groups is 3. The Morgan fingerprint density at radius 1 is 1.00 bits per heavy atom. The van der Waals surface area contributed by atoms with Crippen molar-refractivity contribution < 1.29 is 23.5 Å². The molecule has 2 atom stereocenters. The van der Waals surface area contributed by atoms with Gasteiger partial charge in [-0.2, -0.15) is 0 Å². The lowest BCUT2D eigenvalue weighted by molar-refractivity contribution is -0.151. The van der Waals surface area contributed by atoms with Gasteiger partial charge in [-0.25, -0.2) is 0 Å². The van der Waals surface area contributed by atoms with Gasteiger partial charge in [0.1, 0.15) is 11.8 Å². The van der Waals surface area contributed by atoms with Gasteiger partial charge in [0, 0.05) is 19.2 Å². The molecule has 2 heterocycles. The van der Waals surface area contributed by atoms with Crippen molar-refractivity contribution >= 4 is 17.7 Å². The Kier molecular flexibility index (Phi) is 7.78. The smallest absolute Gasteiger partial charge is 0.313 e. The summed E-state index contributed by atoms with van der Waals surface area (Å²) < 4.78 is 11.1. The molecule has 1 aromatic carbocycles. The summed E-state index contributed by atoms with van der Waals surface area (Å²) in [6.45, 7) is 1.04. The lowest BCUT2D eigenvalue weighted by atomic mass is 10.0. The molecule has 2 fully saturated rings. The van der Waals surface area contributed by atoms with Gasteiger partial charge in [0.2, 0.25) is 5.91 Å². The van der Waals surface area contributed by atoms with E-state index in [1.807, 2.05) is 18.2 Å². The van der Waals surface area contributed by atoms with Gasteiger partial charge in [-0.3, -0.25) is 14.4 Å². The van der Waals surface area contributed by atoms with E-state index in [9.17, 15) is 14.4 Å². The summed E-state index contributed by atoms with van der Waals surface area (Å²) in [7, 11) is 0. The highest BCUT2D eigenvalue weighted by molar-refractivity contribution is 6.35. The van der Waals surface area contributed by atoms with Gasteiger partial charge in [-0.05, 0) is 43.4 Å². The van der Waals surface area contributed by atoms with Crippen molar-refractivity contribution in [3.63, 3.8) is 0 Å². The normalized spacial score (nSPS) is 19.2. The summed E-state index contributed by atoms with van der Waals surface area (Å²) in [6, 6.07) is 11.5. The average molecular weight is 454 g/mol. The molecule has 2 N–H and O–H groups in total. The zero-order chi connectivity index (χ0) is 23.0. The quantitative estimate of drug-likeness (QED) is 0.599. The summed E-state index contributed by atoms with van der Waals surface area (Å²) in [5.74, 6) is -1.31. The fourth-order valence-corrected chi connectivity index (χ4v) is 4.52. The number of hydrogen-bond donors (Lipinski definition) is 2. The van der Waals surface area contributed by atoms with Crippen LogP contribution in [0.15, 0.2) is 53.1 Å². The number of ether oxygens (including phenoxy) is 1. The van der Waals surface area contributed by atoms with Crippen LogP contribution in [-0.2, 0) is 25.7 Å². The van der Waals surface area contributed by atoms with E-state index in [-0.39, 0.29) is 24.6 Å². The molecule has 33 heavy (non-hydrogen) atoms. The number of rotatable bonds is 8. The molecule has 176 valence electrons. The third-order valence-electron chi connectivity index (χ3n) is 6.26. The molecule has 2 aliphatic rings. The van der Waals surface area contributed by atoms with Crippen molar-refractivity contribution in [1.29, 1.82) is 0 Å². The fourth-order valence-electron chi connectivity index (χ4n) is 4.52. The molecule has 2 unspecified atom stereocenters. The van der Waals surface area contributed by atoms with Crippen molar-refractivity contribution in [2.45, 2.75) is 63.3 Å². The molecule has 1 saturated heterocycles. The molecular formula is C25H31N3O5. The monoisotopic (exact) mass is 453 g/mol. The van der Waals surface area contributed by atoms with E-state index in [4.69, 9.17) is 9.15 Å². The van der Waals surface area contributed by atoms with E-state index in [0.29, 0.717) is 24.5 Å². The van der Waals surface area contributed by atoms with E-state index in [2.05, 4.69) is 10.6 Å². The van der Waals surface area contributed by atoms with Crippen LogP contribution >= 0.6 is 0 Å². The molecule has 1 aliphatic heterocycles. The Bertz CT molecular complexity index is 919. The van der Waals surface area contributed by atoms with Crippen LogP contribution in [0.5, 0.6) is 0 Å². The molecule has 8 heteroatoms. The Labute approximate surface area is 193 Å². The number of nitrogens with zero attached hydrogens (tertiary/aromatic N) is 1. The molecule has 1 aromatic heterocycles. The number of furan rings is 1. The number of nitrogens with one attached hydrogen (secondary N) is 2. The van der Waals surface area contributed by atoms with Gasteiger partial charge in [-0.15, -0.1) is 0 Å². The van der Waals surface area contributed by atoms with E-state index < -0.39 is 17.9 Å². The second-order valence-corrected chi connectivity index (χ2v) is 8.66. The summed E-state index contributed by atoms with van der Waals surface area (Å²) in [6.07, 6.45) is 7.11. The van der Waals surface area contributed by atoms with Crippen molar-refractivity contribution in [3.8, 4) is 0 Å². The summed E-state index contributed by atoms with van der Waals surface area (Å²) in [5.41, 5.74) is 0.621. The Hall–Kier alpha value is -3.13. The van der Waals surface area contributed by atoms with Crippen LogP contribution < -0.4 is 10.6 Å². The summed E-state index contributed by atoms with van der Waals surface area (Å²) >= 11 is 0. The maximum absolute atomic E-state index is 13.4. The third kappa shape index (κ3) is 6.01. The van der Waals surface area contributed by atoms with Crippen molar-refractivity contribution in [2.24, 2.45) is 0 Å². The lowest BCUT2D eigenvalue weighted by Crippen LogP contribution is -2.50. The molecule has 4 rings (SSSR count). The predicted molar refractivity (Wildman–Crippen MR) is 121 cm³/mol. The highest BCUT2D eigenvalue weighted by atomic mass is 16.5. The summed E-state index contributed by atoms with van der Waals surface area (Å²) in [4.78, 5) is 41.0. The predicted octanol–water partition coefficient (Wildman–Crippen LogP) is 2.70. The maximum atomic E-state index is 13.4. The molecule has 0 bridgehead atoms. The van der Waals surface area contributed by atoms with Gasteiger partial charge in [0.05, 0.1) is 18.9 Å². The van der Waals surface area contributed by atoms with E-state index in [0.717, 1.165) is 38.5 Å². The molecule has 3 amide bonds. The van der Waals surface area contributed by atoms with E-state index in [1.54, 1.807) is 24.3 Å². The van der Waals surface area contributed by atoms with Crippen LogP contribution in [0.1, 0.15) is 55.9 Å². The van der Waals surface area contributed by atoms with E-state index >= 15 is 0 Å². The molecule has 0 spiro atoms. The Morgan fingerprint density at radius 3 is 2.45 bits per heavy atom. The van der Waals surface area contributed by atoms with Crippen LogP contribution in [-0.4, -0.2) is 47.9 Å². The number of hydrogen-bond acceptors (Lipinski definition) is 5. The first-order valence-electron chi connectivity index (χ1n) is 11.7.